The summed E-state index contributed by atoms with van der Waals surface area (Å²) in [4.78, 5) is 17.6. The Morgan fingerprint density at radius 2 is 2.04 bits per heavy atom. The van der Waals surface area contributed by atoms with Crippen LogP contribution in [0.15, 0.2) is 29.4 Å². The van der Waals surface area contributed by atoms with Crippen LogP contribution in [0.3, 0.4) is 0 Å². The lowest BCUT2D eigenvalue weighted by Gasteiger charge is -2.27. The first-order valence-electron chi connectivity index (χ1n) is 8.34. The molecule has 0 saturated carbocycles. The minimum atomic E-state index is -3.69. The lowest BCUT2D eigenvalue weighted by Crippen LogP contribution is -2.47. The number of esters is 1. The molecule has 26 heavy (non-hydrogen) atoms. The number of carbonyl (C=O) groups excluding carboxylic acids is 1. The highest BCUT2D eigenvalue weighted by molar-refractivity contribution is 7.92. The molecule has 7 heteroatoms. The third-order valence-electron chi connectivity index (χ3n) is 4.36. The molecular formula is C19H23NO5S. The molecular weight excluding hydrogens is 354 g/mol. The van der Waals surface area contributed by atoms with E-state index in [1.807, 2.05) is 24.3 Å². The maximum Gasteiger partial charge on any atom is 0.327 e. The molecule has 1 aliphatic heterocycles. The molecule has 0 amide bonds. The minimum Gasteiger partial charge on any atom is -0.465 e. The highest BCUT2D eigenvalue weighted by atomic mass is 32.2. The summed E-state index contributed by atoms with van der Waals surface area (Å²) in [6.07, 6.45) is 0.929. The number of carbonyl (C=O) groups is 1. The van der Waals surface area contributed by atoms with E-state index in [0.29, 0.717) is 12.1 Å². The summed E-state index contributed by atoms with van der Waals surface area (Å²) in [5.41, 5.74) is 2.50. The fourth-order valence-corrected chi connectivity index (χ4v) is 3.55. The van der Waals surface area contributed by atoms with Crippen LogP contribution in [0.5, 0.6) is 0 Å². The van der Waals surface area contributed by atoms with Gasteiger partial charge in [0.05, 0.1) is 12.3 Å². The maximum atomic E-state index is 12.2. The summed E-state index contributed by atoms with van der Waals surface area (Å²) in [7, 11) is -3.69. The van der Waals surface area contributed by atoms with Crippen LogP contribution >= 0.6 is 0 Å². The Labute approximate surface area is 154 Å². The van der Waals surface area contributed by atoms with Gasteiger partial charge in [0.15, 0.2) is 14.6 Å². The summed E-state index contributed by atoms with van der Waals surface area (Å²) < 4.78 is 27.7. The van der Waals surface area contributed by atoms with Gasteiger partial charge in [-0.2, -0.15) is 0 Å². The van der Waals surface area contributed by atoms with E-state index >= 15 is 0 Å². The number of hydrogen-bond acceptors (Lipinski definition) is 6. The number of oxime groups is 1. The summed E-state index contributed by atoms with van der Waals surface area (Å²) in [6.45, 7) is 4.90. The number of rotatable bonds is 6. The fourth-order valence-electron chi connectivity index (χ4n) is 2.70. The molecule has 0 radical (unpaired) electrons. The van der Waals surface area contributed by atoms with E-state index in [0.717, 1.165) is 17.4 Å². The van der Waals surface area contributed by atoms with Gasteiger partial charge in [-0.05, 0) is 38.5 Å². The lowest BCUT2D eigenvalue weighted by atomic mass is 9.97. The molecule has 0 bridgehead atoms. The molecule has 1 heterocycles. The van der Waals surface area contributed by atoms with Crippen molar-refractivity contribution in [2.75, 3.05) is 12.9 Å². The number of nitrogens with zero attached hydrogens (tertiary/aromatic N) is 1. The van der Waals surface area contributed by atoms with Crippen molar-refractivity contribution in [1.82, 2.24) is 0 Å². The summed E-state index contributed by atoms with van der Waals surface area (Å²) in [5.74, 6) is 5.04. The topological polar surface area (TPSA) is 82.0 Å². The number of sulfone groups is 1. The minimum absolute atomic E-state index is 0.0168. The van der Waals surface area contributed by atoms with Crippen LogP contribution in [0, 0.1) is 11.8 Å². The molecule has 0 aliphatic carbocycles. The van der Waals surface area contributed by atoms with E-state index in [9.17, 15) is 13.2 Å². The van der Waals surface area contributed by atoms with Crippen LogP contribution in [0.2, 0.25) is 0 Å². The first-order valence-corrected chi connectivity index (χ1v) is 10.2. The highest BCUT2D eigenvalue weighted by Gasteiger charge is 2.48. The van der Waals surface area contributed by atoms with E-state index < -0.39 is 26.7 Å². The van der Waals surface area contributed by atoms with Gasteiger partial charge < -0.3 is 9.57 Å². The van der Waals surface area contributed by atoms with Crippen molar-refractivity contribution in [1.29, 1.82) is 0 Å². The van der Waals surface area contributed by atoms with Crippen molar-refractivity contribution in [3.63, 3.8) is 0 Å². The van der Waals surface area contributed by atoms with Crippen molar-refractivity contribution < 1.29 is 22.8 Å². The van der Waals surface area contributed by atoms with Gasteiger partial charge in [0.25, 0.3) is 0 Å². The van der Waals surface area contributed by atoms with Gasteiger partial charge in [-0.1, -0.05) is 23.2 Å². The molecule has 0 fully saturated rings. The molecule has 2 unspecified atom stereocenters. The molecule has 2 atom stereocenters. The Morgan fingerprint density at radius 1 is 1.38 bits per heavy atom. The molecule has 2 rings (SSSR count). The normalized spacial score (nSPS) is 18.8. The monoisotopic (exact) mass is 377 g/mol. The van der Waals surface area contributed by atoms with E-state index in [1.165, 1.54) is 6.92 Å². The van der Waals surface area contributed by atoms with Crippen molar-refractivity contribution in [3.05, 3.63) is 35.4 Å². The van der Waals surface area contributed by atoms with E-state index in [-0.39, 0.29) is 13.0 Å². The SMILES string of the molecule is CC#Cc1ccc(C2=NOC(CC(C)(C(=O)OCC)S(C)(=O)=O)C2)cc1. The molecule has 1 aliphatic rings. The molecule has 0 N–H and O–H groups in total. The number of benzene rings is 1. The van der Waals surface area contributed by atoms with Gasteiger partial charge in [0.1, 0.15) is 6.10 Å². The van der Waals surface area contributed by atoms with Gasteiger partial charge in [0, 0.05) is 24.7 Å². The molecule has 140 valence electrons. The van der Waals surface area contributed by atoms with E-state index in [2.05, 4.69) is 17.0 Å². The second-order valence-electron chi connectivity index (χ2n) is 6.35. The van der Waals surface area contributed by atoms with E-state index in [1.54, 1.807) is 13.8 Å². The average molecular weight is 377 g/mol. The first kappa shape index (κ1) is 20.0. The zero-order chi connectivity index (χ0) is 19.4. The van der Waals surface area contributed by atoms with Crippen molar-refractivity contribution in [2.45, 2.75) is 44.5 Å². The van der Waals surface area contributed by atoms with Gasteiger partial charge in [-0.25, -0.2) is 8.42 Å². The highest BCUT2D eigenvalue weighted by Crippen LogP contribution is 2.30. The van der Waals surface area contributed by atoms with E-state index in [4.69, 9.17) is 9.57 Å². The van der Waals surface area contributed by atoms with Gasteiger partial charge in [0.2, 0.25) is 0 Å². The van der Waals surface area contributed by atoms with Crippen LogP contribution in [0.4, 0.5) is 0 Å². The van der Waals surface area contributed by atoms with Crippen LogP contribution in [0.25, 0.3) is 0 Å². The molecule has 1 aromatic carbocycles. The first-order chi connectivity index (χ1) is 12.2. The molecule has 0 spiro atoms. The zero-order valence-corrected chi connectivity index (χ0v) is 16.2. The Kier molecular flexibility index (Phi) is 6.09. The van der Waals surface area contributed by atoms with Crippen LogP contribution < -0.4 is 0 Å². The van der Waals surface area contributed by atoms with Crippen molar-refractivity contribution >= 4 is 21.5 Å². The third kappa shape index (κ3) is 4.25. The number of ether oxygens (including phenoxy) is 1. The molecule has 6 nitrogen and oxygen atoms in total. The largest absolute Gasteiger partial charge is 0.465 e. The molecule has 1 aromatic rings. The third-order valence-corrected chi connectivity index (χ3v) is 6.33. The van der Waals surface area contributed by atoms with Gasteiger partial charge in [-0.15, -0.1) is 5.92 Å². The maximum absolute atomic E-state index is 12.2. The van der Waals surface area contributed by atoms with Gasteiger partial charge in [-0.3, -0.25) is 4.79 Å². The number of hydrogen-bond donors (Lipinski definition) is 0. The second-order valence-corrected chi connectivity index (χ2v) is 8.79. The summed E-state index contributed by atoms with van der Waals surface area (Å²) >= 11 is 0. The Balaban J connectivity index is 2.12. The van der Waals surface area contributed by atoms with Crippen molar-refractivity contribution in [2.24, 2.45) is 5.16 Å². The molecule has 0 saturated heterocycles. The quantitative estimate of drug-likeness (QED) is 0.561. The predicted octanol–water partition coefficient (Wildman–Crippen LogP) is 2.31. The lowest BCUT2D eigenvalue weighted by molar-refractivity contribution is -0.146. The summed E-state index contributed by atoms with van der Waals surface area (Å²) in [6, 6.07) is 7.57. The standard InChI is InChI=1S/C19H23NO5S/c1-5-7-14-8-10-15(11-9-14)17-12-16(25-20-17)13-19(3,26(4,22)23)18(21)24-6-2/h8-11,16H,6,12-13H2,1-4H3. The smallest absolute Gasteiger partial charge is 0.327 e. The average Bonchev–Trinajstić information content (AvgIpc) is 3.03. The summed E-state index contributed by atoms with van der Waals surface area (Å²) in [5, 5.41) is 4.07. The van der Waals surface area contributed by atoms with Crippen LogP contribution in [-0.2, 0) is 24.2 Å². The predicted molar refractivity (Wildman–Crippen MR) is 99.5 cm³/mol. The molecule has 0 aromatic heterocycles. The zero-order valence-electron chi connectivity index (χ0n) is 15.4. The second kappa shape index (κ2) is 7.92. The Hall–Kier alpha value is -2.33. The van der Waals surface area contributed by atoms with Crippen LogP contribution in [-0.4, -0.2) is 43.8 Å². The Bertz CT molecular complexity index is 861. The fraction of sp³-hybridized carbons (Fsp3) is 0.474. The van der Waals surface area contributed by atoms with Crippen LogP contribution in [0.1, 0.15) is 44.7 Å². The Morgan fingerprint density at radius 3 is 2.58 bits per heavy atom. The van der Waals surface area contributed by atoms with Crippen molar-refractivity contribution in [3.8, 4) is 11.8 Å². The van der Waals surface area contributed by atoms with Gasteiger partial charge >= 0.3 is 5.97 Å².